The van der Waals surface area contributed by atoms with Crippen LogP contribution in [0.5, 0.6) is 0 Å². The number of carboxylic acid groups (broad SMARTS) is 1. The van der Waals surface area contributed by atoms with Crippen LogP contribution in [0.2, 0.25) is 0 Å². The first-order valence-corrected chi connectivity index (χ1v) is 14.2. The second-order valence-electron chi connectivity index (χ2n) is 10.4. The van der Waals surface area contributed by atoms with Crippen LogP contribution in [-0.2, 0) is 27.3 Å². The molecule has 0 heterocycles. The first-order valence-electron chi connectivity index (χ1n) is 14.2. The van der Waals surface area contributed by atoms with Gasteiger partial charge in [0.05, 0.1) is 0 Å². The van der Waals surface area contributed by atoms with Crippen LogP contribution < -0.4 is 5.32 Å². The van der Waals surface area contributed by atoms with Crippen LogP contribution in [0.1, 0.15) is 41.0 Å². The summed E-state index contributed by atoms with van der Waals surface area (Å²) in [4.78, 5) is 40.1. The summed E-state index contributed by atoms with van der Waals surface area (Å²) >= 11 is 0. The Labute approximate surface area is 245 Å². The van der Waals surface area contributed by atoms with E-state index in [2.05, 4.69) is 17.4 Å². The molecule has 0 saturated carbocycles. The molecular weight excluding hydrogens is 528 g/mol. The summed E-state index contributed by atoms with van der Waals surface area (Å²) in [6, 6.07) is 34.5. The third kappa shape index (κ3) is 7.04. The highest BCUT2D eigenvalue weighted by molar-refractivity contribution is 5.86. The van der Waals surface area contributed by atoms with Gasteiger partial charge < -0.3 is 20.1 Å². The summed E-state index contributed by atoms with van der Waals surface area (Å²) in [6.45, 7) is 0.845. The van der Waals surface area contributed by atoms with Crippen molar-refractivity contribution in [3.05, 3.63) is 131 Å². The number of nitrogens with zero attached hydrogens (tertiary/aromatic N) is 1. The van der Waals surface area contributed by atoms with Crippen LogP contribution in [0.25, 0.3) is 11.1 Å². The van der Waals surface area contributed by atoms with Gasteiger partial charge in [0.25, 0.3) is 0 Å². The Morgan fingerprint density at radius 2 is 1.31 bits per heavy atom. The van der Waals surface area contributed by atoms with Gasteiger partial charge in [-0.05, 0) is 46.2 Å². The number of hydrogen-bond acceptors (Lipinski definition) is 4. The highest BCUT2D eigenvalue weighted by Crippen LogP contribution is 2.44. The van der Waals surface area contributed by atoms with Crippen molar-refractivity contribution in [2.45, 2.75) is 37.8 Å². The maximum Gasteiger partial charge on any atom is 0.407 e. The van der Waals surface area contributed by atoms with Crippen LogP contribution in [0, 0.1) is 0 Å². The topological polar surface area (TPSA) is 95.9 Å². The van der Waals surface area contributed by atoms with E-state index in [4.69, 9.17) is 4.74 Å². The molecule has 2 amide bonds. The van der Waals surface area contributed by atoms with Crippen molar-refractivity contribution in [1.82, 2.24) is 10.2 Å². The molecule has 1 atom stereocenters. The van der Waals surface area contributed by atoms with Crippen molar-refractivity contribution >= 4 is 18.0 Å². The number of carbonyl (C=O) groups excluding carboxylic acids is 2. The molecule has 1 unspecified atom stereocenters. The van der Waals surface area contributed by atoms with Gasteiger partial charge in [-0.2, -0.15) is 0 Å². The van der Waals surface area contributed by atoms with Crippen LogP contribution in [0.4, 0.5) is 4.79 Å². The minimum atomic E-state index is -1.05. The Balaban J connectivity index is 1.30. The number of benzene rings is 4. The van der Waals surface area contributed by atoms with E-state index in [1.807, 2.05) is 97.1 Å². The number of aliphatic carboxylic acids is 1. The molecule has 1 aliphatic rings. The normalized spacial score (nSPS) is 12.6. The van der Waals surface area contributed by atoms with Gasteiger partial charge in [0.15, 0.2) is 0 Å². The summed E-state index contributed by atoms with van der Waals surface area (Å²) in [5, 5.41) is 12.1. The molecule has 0 radical (unpaired) electrons. The van der Waals surface area contributed by atoms with Gasteiger partial charge in [-0.3, -0.25) is 9.59 Å². The number of rotatable bonds is 12. The molecule has 2 N–H and O–H groups in total. The summed E-state index contributed by atoms with van der Waals surface area (Å²) in [5.74, 6) is -1.51. The molecule has 7 nitrogen and oxygen atoms in total. The van der Waals surface area contributed by atoms with Crippen LogP contribution in [0.15, 0.2) is 109 Å². The number of carbonyl (C=O) groups is 3. The van der Waals surface area contributed by atoms with E-state index in [-0.39, 0.29) is 31.3 Å². The quantitative estimate of drug-likeness (QED) is 0.220. The summed E-state index contributed by atoms with van der Waals surface area (Å²) < 4.78 is 5.69. The maximum atomic E-state index is 13.9. The number of amides is 2. The zero-order valence-corrected chi connectivity index (χ0v) is 23.3. The Kier molecular flexibility index (Phi) is 9.29. The standard InChI is InChI=1S/C35H34N2O5/c38-33(39)20-19-32(34(40)37(23-26-13-5-2-6-14-26)22-21-25-11-3-1-4-12-25)36-35(41)42-24-31-29-17-9-7-15-27(29)28-16-8-10-18-30(28)31/h1-18,31-32H,19-24H2,(H,36,41)(H,38,39). The molecule has 4 aromatic carbocycles. The average molecular weight is 563 g/mol. The van der Waals surface area contributed by atoms with Gasteiger partial charge in [-0.25, -0.2) is 4.79 Å². The van der Waals surface area contributed by atoms with Gasteiger partial charge >= 0.3 is 12.1 Å². The van der Waals surface area contributed by atoms with Gasteiger partial charge in [0.1, 0.15) is 12.6 Å². The Morgan fingerprint density at radius 1 is 0.762 bits per heavy atom. The summed E-state index contributed by atoms with van der Waals surface area (Å²) in [6.07, 6.45) is -0.438. The lowest BCUT2D eigenvalue weighted by molar-refractivity contribution is -0.138. The van der Waals surface area contributed by atoms with Gasteiger partial charge in [0, 0.05) is 25.4 Å². The third-order valence-electron chi connectivity index (χ3n) is 7.62. The first-order chi connectivity index (χ1) is 20.5. The second kappa shape index (κ2) is 13.6. The summed E-state index contributed by atoms with van der Waals surface area (Å²) in [5.41, 5.74) is 6.42. The molecule has 0 fully saturated rings. The number of nitrogens with one attached hydrogen (secondary N) is 1. The van der Waals surface area contributed by atoms with Crippen molar-refractivity contribution in [1.29, 1.82) is 0 Å². The lowest BCUT2D eigenvalue weighted by Crippen LogP contribution is -2.49. The van der Waals surface area contributed by atoms with Crippen LogP contribution in [0.3, 0.4) is 0 Å². The zero-order chi connectivity index (χ0) is 29.3. The zero-order valence-electron chi connectivity index (χ0n) is 23.3. The minimum absolute atomic E-state index is 0.0466. The predicted octanol–water partition coefficient (Wildman–Crippen LogP) is 6.03. The van der Waals surface area contributed by atoms with Crippen LogP contribution in [-0.4, -0.2) is 47.2 Å². The molecule has 0 spiro atoms. The monoisotopic (exact) mass is 562 g/mol. The van der Waals surface area contributed by atoms with Crippen molar-refractivity contribution in [3.8, 4) is 11.1 Å². The molecule has 1 aliphatic carbocycles. The maximum absolute atomic E-state index is 13.9. The molecule has 0 aromatic heterocycles. The lowest BCUT2D eigenvalue weighted by atomic mass is 9.98. The van der Waals surface area contributed by atoms with E-state index in [0.717, 1.165) is 33.4 Å². The van der Waals surface area contributed by atoms with Crippen molar-refractivity contribution in [2.75, 3.05) is 13.2 Å². The van der Waals surface area contributed by atoms with E-state index in [9.17, 15) is 19.5 Å². The van der Waals surface area contributed by atoms with Gasteiger partial charge in [0.2, 0.25) is 5.91 Å². The number of carboxylic acids is 1. The number of fused-ring (bicyclic) bond motifs is 3. The molecule has 42 heavy (non-hydrogen) atoms. The Bertz CT molecular complexity index is 1480. The van der Waals surface area contributed by atoms with E-state index >= 15 is 0 Å². The highest BCUT2D eigenvalue weighted by Gasteiger charge is 2.31. The molecule has 0 bridgehead atoms. The minimum Gasteiger partial charge on any atom is -0.481 e. The van der Waals surface area contributed by atoms with Crippen LogP contribution >= 0.6 is 0 Å². The Morgan fingerprint density at radius 3 is 1.90 bits per heavy atom. The lowest BCUT2D eigenvalue weighted by Gasteiger charge is -2.28. The van der Waals surface area contributed by atoms with Crippen molar-refractivity contribution in [2.24, 2.45) is 0 Å². The largest absolute Gasteiger partial charge is 0.481 e. The first kappa shape index (κ1) is 28.6. The molecule has 7 heteroatoms. The van der Waals surface area contributed by atoms with E-state index in [0.29, 0.717) is 19.5 Å². The highest BCUT2D eigenvalue weighted by atomic mass is 16.5. The van der Waals surface area contributed by atoms with E-state index < -0.39 is 18.1 Å². The number of hydrogen-bond donors (Lipinski definition) is 2. The fourth-order valence-corrected chi connectivity index (χ4v) is 5.51. The Hall–Kier alpha value is -4.91. The second-order valence-corrected chi connectivity index (χ2v) is 10.4. The van der Waals surface area contributed by atoms with E-state index in [1.165, 1.54) is 0 Å². The fraction of sp³-hybridized carbons (Fsp3) is 0.229. The third-order valence-corrected chi connectivity index (χ3v) is 7.62. The number of ether oxygens (including phenoxy) is 1. The molecular formula is C35H34N2O5. The molecule has 4 aromatic rings. The molecule has 0 saturated heterocycles. The number of alkyl carbamates (subject to hydrolysis) is 1. The van der Waals surface area contributed by atoms with Gasteiger partial charge in [-0.15, -0.1) is 0 Å². The molecule has 5 rings (SSSR count). The predicted molar refractivity (Wildman–Crippen MR) is 161 cm³/mol. The van der Waals surface area contributed by atoms with Crippen molar-refractivity contribution < 1.29 is 24.2 Å². The fourth-order valence-electron chi connectivity index (χ4n) is 5.51. The van der Waals surface area contributed by atoms with E-state index in [1.54, 1.807) is 4.90 Å². The average Bonchev–Trinajstić information content (AvgIpc) is 3.34. The SMILES string of the molecule is O=C(O)CCC(NC(=O)OCC1c2ccccc2-c2ccccc21)C(=O)N(CCc1ccccc1)Cc1ccccc1. The van der Waals surface area contributed by atoms with Crippen molar-refractivity contribution in [3.63, 3.8) is 0 Å². The van der Waals surface area contributed by atoms with Gasteiger partial charge in [-0.1, -0.05) is 109 Å². The molecule has 0 aliphatic heterocycles. The summed E-state index contributed by atoms with van der Waals surface area (Å²) in [7, 11) is 0. The molecule has 214 valence electrons. The smallest absolute Gasteiger partial charge is 0.407 e.